The van der Waals surface area contributed by atoms with Gasteiger partial charge in [-0.05, 0) is 52.4 Å². The summed E-state index contributed by atoms with van der Waals surface area (Å²) in [6.45, 7) is 7.53. The Morgan fingerprint density at radius 1 is 1.42 bits per heavy atom. The second-order valence-electron chi connectivity index (χ2n) is 6.32. The third kappa shape index (κ3) is 5.91. The van der Waals surface area contributed by atoms with Gasteiger partial charge >= 0.3 is 0 Å². The highest BCUT2D eigenvalue weighted by molar-refractivity contribution is 5.84. The SMILES string of the molecule is CC(C)NC(C)(CCCOCC1CCCC1)C(N)=O. The van der Waals surface area contributed by atoms with E-state index in [2.05, 4.69) is 5.32 Å². The zero-order chi connectivity index (χ0) is 14.3. The number of ether oxygens (including phenoxy) is 1. The van der Waals surface area contributed by atoms with Gasteiger partial charge in [0.2, 0.25) is 5.91 Å². The fraction of sp³-hybridized carbons (Fsp3) is 0.933. The van der Waals surface area contributed by atoms with Gasteiger partial charge in [-0.1, -0.05) is 12.8 Å². The van der Waals surface area contributed by atoms with Gasteiger partial charge in [0.05, 0.1) is 5.54 Å². The van der Waals surface area contributed by atoms with Gasteiger partial charge in [0.15, 0.2) is 0 Å². The van der Waals surface area contributed by atoms with E-state index in [1.165, 1.54) is 25.7 Å². The summed E-state index contributed by atoms with van der Waals surface area (Å²) in [5, 5.41) is 3.26. The van der Waals surface area contributed by atoms with E-state index < -0.39 is 5.54 Å². The van der Waals surface area contributed by atoms with Crippen molar-refractivity contribution in [3.63, 3.8) is 0 Å². The molecule has 1 atom stereocenters. The highest BCUT2D eigenvalue weighted by atomic mass is 16.5. The predicted octanol–water partition coefficient (Wildman–Crippen LogP) is 2.22. The minimum Gasteiger partial charge on any atom is -0.381 e. The van der Waals surface area contributed by atoms with Crippen molar-refractivity contribution >= 4 is 5.91 Å². The van der Waals surface area contributed by atoms with Crippen LogP contribution in [0.15, 0.2) is 0 Å². The molecule has 19 heavy (non-hydrogen) atoms. The summed E-state index contributed by atoms with van der Waals surface area (Å²) < 4.78 is 5.72. The molecular formula is C15H30N2O2. The second-order valence-corrected chi connectivity index (χ2v) is 6.32. The fourth-order valence-corrected chi connectivity index (χ4v) is 2.86. The molecule has 0 radical (unpaired) electrons. The second kappa shape index (κ2) is 7.85. The molecule has 1 saturated carbocycles. The van der Waals surface area contributed by atoms with E-state index in [9.17, 15) is 4.79 Å². The minimum absolute atomic E-state index is 0.247. The van der Waals surface area contributed by atoms with Crippen LogP contribution in [0.3, 0.4) is 0 Å². The lowest BCUT2D eigenvalue weighted by Gasteiger charge is -2.29. The molecule has 3 N–H and O–H groups in total. The lowest BCUT2D eigenvalue weighted by molar-refractivity contribution is -0.124. The van der Waals surface area contributed by atoms with Crippen LogP contribution in [-0.4, -0.2) is 30.7 Å². The molecule has 0 saturated heterocycles. The maximum atomic E-state index is 11.5. The van der Waals surface area contributed by atoms with Gasteiger partial charge in [0.1, 0.15) is 0 Å². The van der Waals surface area contributed by atoms with Gasteiger partial charge in [-0.2, -0.15) is 0 Å². The van der Waals surface area contributed by atoms with E-state index in [-0.39, 0.29) is 11.9 Å². The Morgan fingerprint density at radius 2 is 2.05 bits per heavy atom. The number of hydrogen-bond acceptors (Lipinski definition) is 3. The van der Waals surface area contributed by atoms with Crippen molar-refractivity contribution in [1.82, 2.24) is 5.32 Å². The van der Waals surface area contributed by atoms with Gasteiger partial charge in [-0.15, -0.1) is 0 Å². The van der Waals surface area contributed by atoms with Crippen LogP contribution in [0.5, 0.6) is 0 Å². The third-order valence-corrected chi connectivity index (χ3v) is 3.94. The van der Waals surface area contributed by atoms with Gasteiger partial charge in [0.25, 0.3) is 0 Å². The molecule has 1 aliphatic rings. The van der Waals surface area contributed by atoms with Crippen LogP contribution >= 0.6 is 0 Å². The number of carbonyl (C=O) groups excluding carboxylic acids is 1. The summed E-state index contributed by atoms with van der Waals surface area (Å²) in [5.74, 6) is 0.480. The van der Waals surface area contributed by atoms with Crippen molar-refractivity contribution in [3.8, 4) is 0 Å². The highest BCUT2D eigenvalue weighted by Gasteiger charge is 2.30. The molecule has 0 aromatic heterocycles. The normalized spacial score (nSPS) is 19.8. The number of carbonyl (C=O) groups is 1. The number of hydrogen-bond donors (Lipinski definition) is 2. The lowest BCUT2D eigenvalue weighted by Crippen LogP contribution is -2.55. The quantitative estimate of drug-likeness (QED) is 0.631. The molecule has 4 heteroatoms. The van der Waals surface area contributed by atoms with Gasteiger partial charge < -0.3 is 15.8 Å². The maximum absolute atomic E-state index is 11.5. The van der Waals surface area contributed by atoms with Crippen LogP contribution in [0.25, 0.3) is 0 Å². The molecule has 0 aliphatic heterocycles. The summed E-state index contributed by atoms with van der Waals surface area (Å²) in [4.78, 5) is 11.5. The molecule has 1 unspecified atom stereocenters. The topological polar surface area (TPSA) is 64.3 Å². The van der Waals surface area contributed by atoms with Crippen molar-refractivity contribution in [2.75, 3.05) is 13.2 Å². The molecule has 1 fully saturated rings. The Kier molecular flexibility index (Phi) is 6.80. The van der Waals surface area contributed by atoms with Gasteiger partial charge in [-0.25, -0.2) is 0 Å². The predicted molar refractivity (Wildman–Crippen MR) is 77.9 cm³/mol. The average Bonchev–Trinajstić information content (AvgIpc) is 2.80. The monoisotopic (exact) mass is 270 g/mol. The first-order chi connectivity index (χ1) is 8.94. The molecular weight excluding hydrogens is 240 g/mol. The molecule has 0 bridgehead atoms. The van der Waals surface area contributed by atoms with Crippen molar-refractivity contribution in [1.29, 1.82) is 0 Å². The average molecular weight is 270 g/mol. The van der Waals surface area contributed by atoms with Crippen molar-refractivity contribution < 1.29 is 9.53 Å². The number of nitrogens with two attached hydrogens (primary N) is 1. The first-order valence-corrected chi connectivity index (χ1v) is 7.59. The maximum Gasteiger partial charge on any atom is 0.237 e. The van der Waals surface area contributed by atoms with E-state index in [0.29, 0.717) is 0 Å². The van der Waals surface area contributed by atoms with E-state index in [1.807, 2.05) is 20.8 Å². The largest absolute Gasteiger partial charge is 0.381 e. The van der Waals surface area contributed by atoms with Crippen LogP contribution in [-0.2, 0) is 9.53 Å². The Morgan fingerprint density at radius 3 is 2.58 bits per heavy atom. The summed E-state index contributed by atoms with van der Waals surface area (Å²) >= 11 is 0. The molecule has 0 aromatic carbocycles. The highest BCUT2D eigenvalue weighted by Crippen LogP contribution is 2.24. The molecule has 1 amide bonds. The number of nitrogens with one attached hydrogen (secondary N) is 1. The van der Waals surface area contributed by atoms with Crippen LogP contribution in [0, 0.1) is 5.92 Å². The van der Waals surface area contributed by atoms with Crippen molar-refractivity contribution in [2.45, 2.75) is 70.9 Å². The smallest absolute Gasteiger partial charge is 0.237 e. The summed E-state index contributed by atoms with van der Waals surface area (Å²) in [5.41, 5.74) is 4.87. The molecule has 0 spiro atoms. The molecule has 0 aromatic rings. The Balaban J connectivity index is 2.18. The van der Waals surface area contributed by atoms with E-state index in [0.717, 1.165) is 32.0 Å². The van der Waals surface area contributed by atoms with Gasteiger partial charge in [0, 0.05) is 19.3 Å². The first kappa shape index (κ1) is 16.4. The zero-order valence-corrected chi connectivity index (χ0v) is 12.7. The van der Waals surface area contributed by atoms with Gasteiger partial charge in [-0.3, -0.25) is 4.79 Å². The lowest BCUT2D eigenvalue weighted by atomic mass is 9.94. The Bertz CT molecular complexity index is 275. The number of amides is 1. The summed E-state index contributed by atoms with van der Waals surface area (Å²) in [6.07, 6.45) is 6.93. The van der Waals surface area contributed by atoms with Crippen LogP contribution < -0.4 is 11.1 Å². The minimum atomic E-state index is -0.620. The van der Waals surface area contributed by atoms with Crippen LogP contribution in [0.2, 0.25) is 0 Å². The third-order valence-electron chi connectivity index (χ3n) is 3.94. The molecule has 1 aliphatic carbocycles. The zero-order valence-electron chi connectivity index (χ0n) is 12.7. The van der Waals surface area contributed by atoms with E-state index in [4.69, 9.17) is 10.5 Å². The Hall–Kier alpha value is -0.610. The number of rotatable bonds is 9. The molecule has 112 valence electrons. The molecule has 4 nitrogen and oxygen atoms in total. The molecule has 0 heterocycles. The van der Waals surface area contributed by atoms with Crippen molar-refractivity contribution in [3.05, 3.63) is 0 Å². The molecule has 1 rings (SSSR count). The van der Waals surface area contributed by atoms with E-state index >= 15 is 0 Å². The van der Waals surface area contributed by atoms with Crippen molar-refractivity contribution in [2.24, 2.45) is 11.7 Å². The number of primary amides is 1. The standard InChI is InChI=1S/C15H30N2O2/c1-12(2)17-15(3,14(16)18)9-6-10-19-11-13-7-4-5-8-13/h12-13,17H,4-11H2,1-3H3,(H2,16,18). The first-order valence-electron chi connectivity index (χ1n) is 7.59. The summed E-state index contributed by atoms with van der Waals surface area (Å²) in [6, 6.07) is 0.247. The van der Waals surface area contributed by atoms with E-state index in [1.54, 1.807) is 0 Å². The fourth-order valence-electron chi connectivity index (χ4n) is 2.86. The van der Waals surface area contributed by atoms with Crippen LogP contribution in [0.4, 0.5) is 0 Å². The van der Waals surface area contributed by atoms with Crippen LogP contribution in [0.1, 0.15) is 59.3 Å². The summed E-state index contributed by atoms with van der Waals surface area (Å²) in [7, 11) is 0. The Labute approximate surface area is 117 Å².